The van der Waals surface area contributed by atoms with E-state index in [1.165, 1.54) is 0 Å². The van der Waals surface area contributed by atoms with E-state index in [1.54, 1.807) is 0 Å². The zero-order valence-electron chi connectivity index (χ0n) is 6.59. The van der Waals surface area contributed by atoms with E-state index >= 15 is 0 Å². The quantitative estimate of drug-likeness (QED) is 0.437. The number of rotatable bonds is 4. The first-order chi connectivity index (χ1) is 4.70. The van der Waals surface area contributed by atoms with Gasteiger partial charge in [0.05, 0.1) is 19.3 Å². The van der Waals surface area contributed by atoms with Gasteiger partial charge in [0.15, 0.2) is 0 Å². The summed E-state index contributed by atoms with van der Waals surface area (Å²) in [4.78, 5) is 0. The van der Waals surface area contributed by atoms with Crippen molar-refractivity contribution >= 4 is 0 Å². The molecule has 0 aromatic carbocycles. The van der Waals surface area contributed by atoms with Gasteiger partial charge < -0.3 is 9.47 Å². The van der Waals surface area contributed by atoms with Crippen LogP contribution in [0.1, 0.15) is 13.8 Å². The molecule has 0 bridgehead atoms. The Morgan fingerprint density at radius 3 is 2.90 bits per heavy atom. The summed E-state index contributed by atoms with van der Waals surface area (Å²) in [5.41, 5.74) is 1.06. The third kappa shape index (κ3) is 2.50. The van der Waals surface area contributed by atoms with Crippen molar-refractivity contribution in [1.82, 2.24) is 0 Å². The van der Waals surface area contributed by atoms with Gasteiger partial charge in [-0.2, -0.15) is 0 Å². The van der Waals surface area contributed by atoms with Crippen LogP contribution in [0.5, 0.6) is 0 Å². The topological polar surface area (TPSA) is 21.8 Å². The Morgan fingerprint density at radius 2 is 2.50 bits per heavy atom. The molecule has 2 atom stereocenters. The summed E-state index contributed by atoms with van der Waals surface area (Å²) in [6.45, 7) is 9.24. The first kappa shape index (κ1) is 7.76. The Morgan fingerprint density at radius 1 is 1.90 bits per heavy atom. The summed E-state index contributed by atoms with van der Waals surface area (Å²) in [6.07, 6.45) is 0.580. The van der Waals surface area contributed by atoms with Gasteiger partial charge in [0.25, 0.3) is 0 Å². The maximum atomic E-state index is 5.40. The van der Waals surface area contributed by atoms with E-state index < -0.39 is 0 Å². The maximum absolute atomic E-state index is 5.40. The minimum Gasteiger partial charge on any atom is -0.371 e. The van der Waals surface area contributed by atoms with E-state index in [2.05, 4.69) is 6.58 Å². The molecule has 1 rings (SSSR count). The second-order valence-corrected chi connectivity index (χ2v) is 2.85. The van der Waals surface area contributed by atoms with Crippen LogP contribution in [0, 0.1) is 0 Å². The lowest BCUT2D eigenvalue weighted by Crippen LogP contribution is -2.16. The van der Waals surface area contributed by atoms with Crippen molar-refractivity contribution in [2.45, 2.75) is 26.1 Å². The summed E-state index contributed by atoms with van der Waals surface area (Å²) in [6, 6.07) is 0. The molecule has 1 aliphatic rings. The molecule has 1 fully saturated rings. The molecule has 0 aromatic heterocycles. The van der Waals surface area contributed by atoms with Gasteiger partial charge in [0.2, 0.25) is 0 Å². The van der Waals surface area contributed by atoms with E-state index in [4.69, 9.17) is 9.47 Å². The number of ether oxygens (including phenoxy) is 2. The molecule has 1 heterocycles. The highest BCUT2D eigenvalue weighted by Crippen LogP contribution is 2.16. The van der Waals surface area contributed by atoms with Gasteiger partial charge in [0, 0.05) is 0 Å². The van der Waals surface area contributed by atoms with Crippen LogP contribution in [0.4, 0.5) is 0 Å². The summed E-state index contributed by atoms with van der Waals surface area (Å²) < 4.78 is 10.5. The highest BCUT2D eigenvalue weighted by molar-refractivity contribution is 4.88. The van der Waals surface area contributed by atoms with Gasteiger partial charge >= 0.3 is 0 Å². The fourth-order valence-electron chi connectivity index (χ4n) is 0.708. The van der Waals surface area contributed by atoms with Crippen molar-refractivity contribution < 1.29 is 9.47 Å². The molecule has 0 aliphatic carbocycles. The molecule has 1 saturated heterocycles. The summed E-state index contributed by atoms with van der Waals surface area (Å²) in [5, 5.41) is 0. The predicted octanol–water partition coefficient (Wildman–Crippen LogP) is 1.37. The van der Waals surface area contributed by atoms with Gasteiger partial charge in [-0.15, -0.1) is 0 Å². The first-order valence-corrected chi connectivity index (χ1v) is 3.57. The van der Waals surface area contributed by atoms with Gasteiger partial charge in [-0.1, -0.05) is 12.2 Å². The Hall–Kier alpha value is -0.340. The Bertz CT molecular complexity index is 127. The van der Waals surface area contributed by atoms with Crippen LogP contribution < -0.4 is 0 Å². The van der Waals surface area contributed by atoms with Crippen LogP contribution in [0.3, 0.4) is 0 Å². The summed E-state index contributed by atoms with van der Waals surface area (Å²) >= 11 is 0. The zero-order valence-corrected chi connectivity index (χ0v) is 6.59. The summed E-state index contributed by atoms with van der Waals surface area (Å²) in [5.74, 6) is 0. The number of epoxide rings is 1. The zero-order chi connectivity index (χ0) is 7.56. The van der Waals surface area contributed by atoms with Crippen molar-refractivity contribution in [2.24, 2.45) is 0 Å². The van der Waals surface area contributed by atoms with Crippen LogP contribution in [0.25, 0.3) is 0 Å². The monoisotopic (exact) mass is 142 g/mol. The first-order valence-electron chi connectivity index (χ1n) is 3.57. The minimum atomic E-state index is 0.233. The molecular formula is C8H14O2. The highest BCUT2D eigenvalue weighted by atomic mass is 16.6. The van der Waals surface area contributed by atoms with E-state index in [0.29, 0.717) is 12.7 Å². The van der Waals surface area contributed by atoms with Crippen LogP contribution in [0.15, 0.2) is 12.2 Å². The van der Waals surface area contributed by atoms with Crippen molar-refractivity contribution in [1.29, 1.82) is 0 Å². The standard InChI is InChI=1S/C8H14O2/c1-6(2)4-9-7(3)8-5-10-8/h7-8H,1,4-5H2,2-3H3. The van der Waals surface area contributed by atoms with Crippen LogP contribution in [-0.4, -0.2) is 25.4 Å². The molecule has 1 aliphatic heterocycles. The molecule has 0 N–H and O–H groups in total. The van der Waals surface area contributed by atoms with Crippen LogP contribution in [0.2, 0.25) is 0 Å². The largest absolute Gasteiger partial charge is 0.371 e. The van der Waals surface area contributed by atoms with E-state index in [0.717, 1.165) is 12.2 Å². The second-order valence-electron chi connectivity index (χ2n) is 2.85. The average molecular weight is 142 g/mol. The Balaban J connectivity index is 2.05. The van der Waals surface area contributed by atoms with Gasteiger partial charge in [-0.25, -0.2) is 0 Å². The molecule has 58 valence electrons. The molecule has 0 amide bonds. The third-order valence-corrected chi connectivity index (χ3v) is 1.48. The third-order valence-electron chi connectivity index (χ3n) is 1.48. The Kier molecular flexibility index (Phi) is 2.46. The molecule has 0 saturated carbocycles. The highest BCUT2D eigenvalue weighted by Gasteiger charge is 2.29. The SMILES string of the molecule is C=C(C)COC(C)C1CO1. The smallest absolute Gasteiger partial charge is 0.107 e. The number of hydrogen-bond acceptors (Lipinski definition) is 2. The molecule has 0 aromatic rings. The molecule has 2 unspecified atom stereocenters. The lowest BCUT2D eigenvalue weighted by molar-refractivity contribution is 0.0612. The maximum Gasteiger partial charge on any atom is 0.107 e. The van der Waals surface area contributed by atoms with Crippen molar-refractivity contribution in [3.05, 3.63) is 12.2 Å². The van der Waals surface area contributed by atoms with Gasteiger partial charge in [0.1, 0.15) is 6.10 Å². The molecule has 10 heavy (non-hydrogen) atoms. The molecule has 0 spiro atoms. The van der Waals surface area contributed by atoms with Crippen LogP contribution in [-0.2, 0) is 9.47 Å². The molecule has 0 radical (unpaired) electrons. The van der Waals surface area contributed by atoms with Gasteiger partial charge in [-0.3, -0.25) is 0 Å². The molecular weight excluding hydrogens is 128 g/mol. The average Bonchev–Trinajstić information content (AvgIpc) is 2.63. The van der Waals surface area contributed by atoms with Crippen LogP contribution >= 0.6 is 0 Å². The van der Waals surface area contributed by atoms with Crippen molar-refractivity contribution in [2.75, 3.05) is 13.2 Å². The minimum absolute atomic E-state index is 0.233. The lowest BCUT2D eigenvalue weighted by Gasteiger charge is -2.08. The van der Waals surface area contributed by atoms with E-state index in [-0.39, 0.29) is 6.10 Å². The second kappa shape index (κ2) is 3.17. The molecule has 2 nitrogen and oxygen atoms in total. The van der Waals surface area contributed by atoms with E-state index in [1.807, 2.05) is 13.8 Å². The normalized spacial score (nSPS) is 26.0. The Labute approximate surface area is 61.8 Å². The predicted molar refractivity (Wildman–Crippen MR) is 40.0 cm³/mol. The van der Waals surface area contributed by atoms with E-state index in [9.17, 15) is 0 Å². The summed E-state index contributed by atoms with van der Waals surface area (Å²) in [7, 11) is 0. The number of hydrogen-bond donors (Lipinski definition) is 0. The van der Waals surface area contributed by atoms with Crippen molar-refractivity contribution in [3.8, 4) is 0 Å². The molecule has 2 heteroatoms. The fourth-order valence-corrected chi connectivity index (χ4v) is 0.708. The van der Waals surface area contributed by atoms with Gasteiger partial charge in [-0.05, 0) is 13.8 Å². The van der Waals surface area contributed by atoms with Crippen molar-refractivity contribution in [3.63, 3.8) is 0 Å². The lowest BCUT2D eigenvalue weighted by atomic mass is 10.3. The fraction of sp³-hybridized carbons (Fsp3) is 0.750.